The summed E-state index contributed by atoms with van der Waals surface area (Å²) in [6.07, 6.45) is 3.48. The third-order valence-corrected chi connectivity index (χ3v) is 4.64. The predicted octanol–water partition coefficient (Wildman–Crippen LogP) is 1.61. The Kier molecular flexibility index (Phi) is 5.13. The molecule has 0 aromatic heterocycles. The van der Waals surface area contributed by atoms with Crippen molar-refractivity contribution in [2.75, 3.05) is 18.4 Å². The van der Waals surface area contributed by atoms with Crippen LogP contribution < -0.4 is 10.2 Å². The molecule has 1 aromatic carbocycles. The molecule has 0 radical (unpaired) electrons. The van der Waals surface area contributed by atoms with Gasteiger partial charge >= 0.3 is 0 Å². The van der Waals surface area contributed by atoms with Gasteiger partial charge in [-0.05, 0) is 51.2 Å². The van der Waals surface area contributed by atoms with Crippen LogP contribution in [0.1, 0.15) is 37.3 Å². The van der Waals surface area contributed by atoms with Gasteiger partial charge in [0.25, 0.3) is 11.6 Å². The summed E-state index contributed by atoms with van der Waals surface area (Å²) < 4.78 is 0. The molecule has 1 fully saturated rings. The van der Waals surface area contributed by atoms with Gasteiger partial charge in [-0.1, -0.05) is 6.07 Å². The van der Waals surface area contributed by atoms with Crippen LogP contribution in [0, 0.1) is 24.0 Å². The lowest BCUT2D eigenvalue weighted by Crippen LogP contribution is -3.17. The molecule has 0 saturated carbocycles. The average molecular weight is 306 g/mol. The third kappa shape index (κ3) is 3.62. The molecule has 1 saturated heterocycles. The van der Waals surface area contributed by atoms with Gasteiger partial charge in [0.05, 0.1) is 17.5 Å². The number of likely N-dealkylation sites (tertiary alicyclic amines) is 1. The first-order valence-electron chi connectivity index (χ1n) is 7.79. The summed E-state index contributed by atoms with van der Waals surface area (Å²) in [6, 6.07) is 3.63. The van der Waals surface area contributed by atoms with Crippen molar-refractivity contribution >= 4 is 17.3 Å². The number of benzene rings is 1. The van der Waals surface area contributed by atoms with Crippen LogP contribution in [-0.2, 0) is 4.79 Å². The van der Waals surface area contributed by atoms with E-state index in [1.807, 2.05) is 6.92 Å². The number of carbonyl (C=O) groups excluding carboxylic acids is 1. The number of nitrogens with one attached hydrogen (secondary N) is 2. The molecule has 22 heavy (non-hydrogen) atoms. The van der Waals surface area contributed by atoms with E-state index in [-0.39, 0.29) is 11.6 Å². The zero-order chi connectivity index (χ0) is 16.3. The fraction of sp³-hybridized carbons (Fsp3) is 0.562. The Hall–Kier alpha value is -1.95. The maximum atomic E-state index is 12.3. The maximum absolute atomic E-state index is 12.3. The molecule has 1 amide bonds. The van der Waals surface area contributed by atoms with Crippen molar-refractivity contribution in [2.45, 2.75) is 46.1 Å². The molecule has 2 atom stereocenters. The molecular weight excluding hydrogens is 282 g/mol. The lowest BCUT2D eigenvalue weighted by Gasteiger charge is -2.29. The van der Waals surface area contributed by atoms with Crippen molar-refractivity contribution in [3.63, 3.8) is 0 Å². The van der Waals surface area contributed by atoms with Gasteiger partial charge in [0, 0.05) is 6.07 Å². The van der Waals surface area contributed by atoms with Crippen LogP contribution in [0.15, 0.2) is 12.1 Å². The molecule has 1 unspecified atom stereocenters. The van der Waals surface area contributed by atoms with Crippen LogP contribution in [0.25, 0.3) is 0 Å². The van der Waals surface area contributed by atoms with Crippen molar-refractivity contribution in [1.82, 2.24) is 0 Å². The van der Waals surface area contributed by atoms with E-state index in [2.05, 4.69) is 12.2 Å². The molecule has 0 bridgehead atoms. The number of quaternary nitrogens is 1. The quantitative estimate of drug-likeness (QED) is 0.655. The summed E-state index contributed by atoms with van der Waals surface area (Å²) in [5.74, 6) is -0.152. The zero-order valence-corrected chi connectivity index (χ0v) is 13.4. The van der Waals surface area contributed by atoms with E-state index in [1.54, 1.807) is 13.0 Å². The molecular formula is C16H24N3O3+. The lowest BCUT2D eigenvalue weighted by atomic mass is 10.0. The molecule has 6 heteroatoms. The van der Waals surface area contributed by atoms with Crippen LogP contribution in [0.4, 0.5) is 11.4 Å². The van der Waals surface area contributed by atoms with Gasteiger partial charge in [-0.25, -0.2) is 0 Å². The predicted molar refractivity (Wildman–Crippen MR) is 85.2 cm³/mol. The number of hydrogen-bond donors (Lipinski definition) is 2. The number of rotatable bonds is 4. The number of aryl methyl sites for hydroxylation is 1. The number of nitro benzene ring substituents is 1. The van der Waals surface area contributed by atoms with Crippen LogP contribution in [0.3, 0.4) is 0 Å². The van der Waals surface area contributed by atoms with Crippen molar-refractivity contribution in [3.05, 3.63) is 33.4 Å². The minimum absolute atomic E-state index is 0.0434. The third-order valence-electron chi connectivity index (χ3n) is 4.64. The SMILES string of the molecule is Cc1ccc([N+](=O)[O-])c(NC(=O)C[NH+]2CCCC[C@@H]2C)c1C. The fourth-order valence-electron chi connectivity index (χ4n) is 3.02. The van der Waals surface area contributed by atoms with Crippen molar-refractivity contribution in [1.29, 1.82) is 0 Å². The summed E-state index contributed by atoms with van der Waals surface area (Å²) in [5, 5.41) is 13.9. The normalized spacial score (nSPS) is 21.4. The standard InChI is InChI=1S/C16H23N3O3/c1-11-7-8-14(19(21)22)16(13(11)3)17-15(20)10-18-9-5-4-6-12(18)2/h7-8,12H,4-6,9-10H2,1-3H3,(H,17,20)/p+1/t12-/m0/s1. The van der Waals surface area contributed by atoms with E-state index in [4.69, 9.17) is 0 Å². The highest BCUT2D eigenvalue weighted by molar-refractivity contribution is 5.95. The molecule has 0 aliphatic carbocycles. The second-order valence-electron chi connectivity index (χ2n) is 6.19. The Morgan fingerprint density at radius 3 is 2.77 bits per heavy atom. The Morgan fingerprint density at radius 1 is 1.41 bits per heavy atom. The number of piperidine rings is 1. The van der Waals surface area contributed by atoms with Crippen molar-refractivity contribution < 1.29 is 14.6 Å². The minimum atomic E-state index is -0.446. The summed E-state index contributed by atoms with van der Waals surface area (Å²) >= 11 is 0. The number of amides is 1. The summed E-state index contributed by atoms with van der Waals surface area (Å²) in [5.41, 5.74) is 1.97. The van der Waals surface area contributed by atoms with E-state index in [0.29, 0.717) is 18.3 Å². The summed E-state index contributed by atoms with van der Waals surface area (Å²) in [6.45, 7) is 7.19. The van der Waals surface area contributed by atoms with Crippen molar-refractivity contribution in [2.24, 2.45) is 0 Å². The van der Waals surface area contributed by atoms with Crippen LogP contribution in [0.2, 0.25) is 0 Å². The van der Waals surface area contributed by atoms with Gasteiger partial charge in [0.2, 0.25) is 0 Å². The summed E-state index contributed by atoms with van der Waals surface area (Å²) in [7, 11) is 0. The van der Waals surface area contributed by atoms with Gasteiger partial charge in [-0.2, -0.15) is 0 Å². The molecule has 1 aromatic rings. The monoisotopic (exact) mass is 306 g/mol. The van der Waals surface area contributed by atoms with E-state index in [0.717, 1.165) is 30.5 Å². The number of hydrogen-bond acceptors (Lipinski definition) is 3. The second-order valence-corrected chi connectivity index (χ2v) is 6.19. The van der Waals surface area contributed by atoms with Gasteiger partial charge in [0.1, 0.15) is 5.69 Å². The molecule has 2 rings (SSSR count). The van der Waals surface area contributed by atoms with E-state index in [1.165, 1.54) is 17.4 Å². The van der Waals surface area contributed by atoms with Gasteiger partial charge < -0.3 is 10.2 Å². The highest BCUT2D eigenvalue weighted by atomic mass is 16.6. The number of nitro groups is 1. The Labute approximate surface area is 130 Å². The number of anilines is 1. The Morgan fingerprint density at radius 2 is 2.14 bits per heavy atom. The topological polar surface area (TPSA) is 76.7 Å². The number of nitrogens with zero attached hydrogens (tertiary/aromatic N) is 1. The van der Waals surface area contributed by atoms with Crippen LogP contribution in [-0.4, -0.2) is 30.0 Å². The first kappa shape index (κ1) is 16.4. The molecule has 1 aliphatic heterocycles. The Bertz CT molecular complexity index is 586. The first-order valence-corrected chi connectivity index (χ1v) is 7.79. The molecule has 0 spiro atoms. The summed E-state index contributed by atoms with van der Waals surface area (Å²) in [4.78, 5) is 24.3. The van der Waals surface area contributed by atoms with Gasteiger partial charge in [0.15, 0.2) is 6.54 Å². The first-order chi connectivity index (χ1) is 10.4. The van der Waals surface area contributed by atoms with E-state index < -0.39 is 4.92 Å². The molecule has 1 aliphatic rings. The highest BCUT2D eigenvalue weighted by Gasteiger charge is 2.26. The molecule has 1 heterocycles. The second kappa shape index (κ2) is 6.87. The number of carbonyl (C=O) groups is 1. The minimum Gasteiger partial charge on any atom is -0.325 e. The highest BCUT2D eigenvalue weighted by Crippen LogP contribution is 2.29. The van der Waals surface area contributed by atoms with E-state index >= 15 is 0 Å². The zero-order valence-electron chi connectivity index (χ0n) is 13.4. The van der Waals surface area contributed by atoms with Gasteiger partial charge in [-0.3, -0.25) is 14.9 Å². The molecule has 6 nitrogen and oxygen atoms in total. The van der Waals surface area contributed by atoms with E-state index in [9.17, 15) is 14.9 Å². The maximum Gasteiger partial charge on any atom is 0.293 e. The van der Waals surface area contributed by atoms with Crippen LogP contribution in [0.5, 0.6) is 0 Å². The largest absolute Gasteiger partial charge is 0.325 e. The smallest absolute Gasteiger partial charge is 0.293 e. The molecule has 2 N–H and O–H groups in total. The van der Waals surface area contributed by atoms with Crippen molar-refractivity contribution in [3.8, 4) is 0 Å². The van der Waals surface area contributed by atoms with Gasteiger partial charge in [-0.15, -0.1) is 0 Å². The average Bonchev–Trinajstić information content (AvgIpc) is 2.46. The lowest BCUT2D eigenvalue weighted by molar-refractivity contribution is -0.920. The Balaban J connectivity index is 2.14. The fourth-order valence-corrected chi connectivity index (χ4v) is 3.02. The van der Waals surface area contributed by atoms with Crippen LogP contribution >= 0.6 is 0 Å². The molecule has 120 valence electrons.